The van der Waals surface area contributed by atoms with Crippen LogP contribution in [0.2, 0.25) is 0 Å². The van der Waals surface area contributed by atoms with Crippen molar-refractivity contribution in [2.24, 2.45) is 4.99 Å². The van der Waals surface area contributed by atoms with Crippen molar-refractivity contribution in [3.05, 3.63) is 71.3 Å². The molecule has 0 bridgehead atoms. The fourth-order valence-electron chi connectivity index (χ4n) is 4.48. The number of nitrogens with one attached hydrogen (secondary N) is 1. The van der Waals surface area contributed by atoms with E-state index in [1.807, 2.05) is 43.3 Å². The highest BCUT2D eigenvalue weighted by Gasteiger charge is 2.15. The number of anilines is 1. The van der Waals surface area contributed by atoms with E-state index in [1.165, 1.54) is 5.56 Å². The van der Waals surface area contributed by atoms with Crippen molar-refractivity contribution >= 4 is 28.0 Å². The minimum Gasteiger partial charge on any atom is -0.494 e. The third-order valence-electron chi connectivity index (χ3n) is 6.36. The van der Waals surface area contributed by atoms with Crippen LogP contribution in [0.4, 0.5) is 11.4 Å². The second kappa shape index (κ2) is 11.3. The largest absolute Gasteiger partial charge is 0.494 e. The van der Waals surface area contributed by atoms with Gasteiger partial charge in [-0.05, 0) is 74.0 Å². The van der Waals surface area contributed by atoms with Crippen molar-refractivity contribution in [3.63, 3.8) is 0 Å². The molecule has 37 heavy (non-hydrogen) atoms. The number of aromatic hydroxyl groups is 1. The van der Waals surface area contributed by atoms with Gasteiger partial charge in [-0.2, -0.15) is 0 Å². The zero-order valence-corrected chi connectivity index (χ0v) is 22.0. The maximum absolute atomic E-state index is 10.4. The van der Waals surface area contributed by atoms with Gasteiger partial charge in [-0.15, -0.1) is 0 Å². The number of fused-ring (bicyclic) bond motifs is 1. The van der Waals surface area contributed by atoms with Crippen LogP contribution < -0.4 is 19.9 Å². The van der Waals surface area contributed by atoms with E-state index in [0.29, 0.717) is 34.2 Å². The molecule has 0 saturated heterocycles. The van der Waals surface area contributed by atoms with Crippen molar-refractivity contribution in [1.82, 2.24) is 9.88 Å². The average Bonchev–Trinajstić information content (AvgIpc) is 3.22. The van der Waals surface area contributed by atoms with Gasteiger partial charge in [0, 0.05) is 29.7 Å². The van der Waals surface area contributed by atoms with Crippen molar-refractivity contribution in [2.75, 3.05) is 40.7 Å². The molecule has 1 aromatic heterocycles. The lowest BCUT2D eigenvalue weighted by molar-refractivity contribution is 0.320. The van der Waals surface area contributed by atoms with Crippen LogP contribution in [0, 0.1) is 0 Å². The molecule has 8 nitrogen and oxygen atoms in total. The second-order valence-corrected chi connectivity index (χ2v) is 9.04. The number of nitrogens with zero attached hydrogens (tertiary/aromatic N) is 2. The van der Waals surface area contributed by atoms with Gasteiger partial charge in [-0.3, -0.25) is 4.99 Å². The Balaban J connectivity index is 1.41. The molecule has 0 fully saturated rings. The maximum atomic E-state index is 10.4. The lowest BCUT2D eigenvalue weighted by atomic mass is 10.1. The molecule has 0 saturated carbocycles. The summed E-state index contributed by atoms with van der Waals surface area (Å²) >= 11 is 0. The van der Waals surface area contributed by atoms with Crippen molar-refractivity contribution in [3.8, 4) is 23.1 Å². The van der Waals surface area contributed by atoms with E-state index in [-0.39, 0.29) is 5.88 Å². The van der Waals surface area contributed by atoms with Gasteiger partial charge in [0.2, 0.25) is 5.75 Å². The Morgan fingerprint density at radius 1 is 0.946 bits per heavy atom. The highest BCUT2D eigenvalue weighted by atomic mass is 16.5. The number of likely N-dealkylation sites (N-methyl/N-ethyl adjacent to an activating group) is 1. The number of nitrogen functional groups attached to an aromatic ring is 1. The van der Waals surface area contributed by atoms with Gasteiger partial charge in [0.15, 0.2) is 17.4 Å². The van der Waals surface area contributed by atoms with Gasteiger partial charge in [-0.25, -0.2) is 0 Å². The van der Waals surface area contributed by atoms with Crippen molar-refractivity contribution in [1.29, 1.82) is 0 Å². The number of H-pyrrole nitrogens is 1. The molecule has 0 radical (unpaired) electrons. The smallest absolute Gasteiger partial charge is 0.203 e. The number of methoxy groups -OCH3 is 3. The summed E-state index contributed by atoms with van der Waals surface area (Å²) < 4.78 is 16.3. The van der Waals surface area contributed by atoms with E-state index in [0.717, 1.165) is 41.7 Å². The standard InChI is InChI=1S/C29H34N4O4/c1-18(27-23-16-21(30)8-11-24(23)32-29(27)34)31-22-9-6-19(7-10-22)17-33(2)13-12-20-14-25(35-3)28(37-5)26(15-20)36-4/h6-11,14-16,32,34H,12-13,17,30H2,1-5H3. The number of aromatic nitrogens is 1. The molecule has 0 aliphatic carbocycles. The first-order valence-corrected chi connectivity index (χ1v) is 12.0. The minimum absolute atomic E-state index is 0.0900. The third-order valence-corrected chi connectivity index (χ3v) is 6.36. The average molecular weight is 503 g/mol. The lowest BCUT2D eigenvalue weighted by Gasteiger charge is -2.18. The summed E-state index contributed by atoms with van der Waals surface area (Å²) in [6.45, 7) is 3.55. The summed E-state index contributed by atoms with van der Waals surface area (Å²) in [6, 6.07) is 17.6. The zero-order valence-electron chi connectivity index (χ0n) is 22.0. The molecule has 4 rings (SSSR count). The number of aromatic amines is 1. The van der Waals surface area contributed by atoms with Gasteiger partial charge < -0.3 is 34.9 Å². The molecule has 3 aromatic carbocycles. The quantitative estimate of drug-likeness (QED) is 0.201. The molecule has 8 heteroatoms. The normalized spacial score (nSPS) is 11.8. The molecule has 4 N–H and O–H groups in total. The Morgan fingerprint density at radius 2 is 1.62 bits per heavy atom. The summed E-state index contributed by atoms with van der Waals surface area (Å²) in [5.74, 6) is 2.02. The van der Waals surface area contributed by atoms with Crippen molar-refractivity contribution in [2.45, 2.75) is 19.9 Å². The van der Waals surface area contributed by atoms with E-state index in [1.54, 1.807) is 27.4 Å². The first-order valence-electron chi connectivity index (χ1n) is 12.0. The molecule has 1 heterocycles. The molecule has 0 aliphatic heterocycles. The van der Waals surface area contributed by atoms with Crippen LogP contribution >= 0.6 is 0 Å². The minimum atomic E-state index is 0.0900. The number of hydrogen-bond donors (Lipinski definition) is 3. The summed E-state index contributed by atoms with van der Waals surface area (Å²) in [6.07, 6.45) is 0.841. The Hall–Kier alpha value is -4.17. The van der Waals surface area contributed by atoms with Crippen LogP contribution in [-0.4, -0.2) is 55.6 Å². The maximum Gasteiger partial charge on any atom is 0.203 e. The SMILES string of the molecule is COc1cc(CCN(C)Cc2ccc(N=C(C)c3c(O)[nH]c4ccc(N)cc34)cc2)cc(OC)c1OC. The number of hydrogen-bond acceptors (Lipinski definition) is 7. The summed E-state index contributed by atoms with van der Waals surface area (Å²) in [5.41, 5.74) is 11.9. The highest BCUT2D eigenvalue weighted by Crippen LogP contribution is 2.38. The molecule has 0 amide bonds. The van der Waals surface area contributed by atoms with Crippen LogP contribution in [0.3, 0.4) is 0 Å². The molecule has 0 unspecified atom stereocenters. The molecular formula is C29H34N4O4. The van der Waals surface area contributed by atoms with Crippen LogP contribution in [0.25, 0.3) is 10.9 Å². The highest BCUT2D eigenvalue weighted by molar-refractivity contribution is 6.13. The molecule has 194 valence electrons. The topological polar surface area (TPSA) is 105 Å². The first kappa shape index (κ1) is 25.9. The summed E-state index contributed by atoms with van der Waals surface area (Å²) in [5, 5.41) is 11.3. The monoisotopic (exact) mass is 502 g/mol. The van der Waals surface area contributed by atoms with E-state index in [2.05, 4.69) is 29.1 Å². The number of ether oxygens (including phenoxy) is 3. The molecule has 4 aromatic rings. The van der Waals surface area contributed by atoms with Gasteiger partial charge >= 0.3 is 0 Å². The lowest BCUT2D eigenvalue weighted by Crippen LogP contribution is -2.20. The Labute approximate surface area is 217 Å². The number of aliphatic imine (C=N–C) groups is 1. The van der Waals surface area contributed by atoms with Gasteiger partial charge in [-0.1, -0.05) is 12.1 Å². The fraction of sp³-hybridized carbons (Fsp3) is 0.276. The van der Waals surface area contributed by atoms with E-state index in [9.17, 15) is 5.11 Å². The summed E-state index contributed by atoms with van der Waals surface area (Å²) in [7, 11) is 6.96. The van der Waals surface area contributed by atoms with Gasteiger partial charge in [0.25, 0.3) is 0 Å². The van der Waals surface area contributed by atoms with E-state index >= 15 is 0 Å². The first-order chi connectivity index (χ1) is 17.8. The van der Waals surface area contributed by atoms with Crippen LogP contribution in [-0.2, 0) is 13.0 Å². The molecule has 0 spiro atoms. The number of rotatable bonds is 10. The van der Waals surface area contributed by atoms with Crippen LogP contribution in [0.15, 0.2) is 59.6 Å². The fourth-order valence-corrected chi connectivity index (χ4v) is 4.48. The van der Waals surface area contributed by atoms with E-state index in [4.69, 9.17) is 24.9 Å². The molecule has 0 aliphatic rings. The molecular weight excluding hydrogens is 468 g/mol. The van der Waals surface area contributed by atoms with Gasteiger partial charge in [0.1, 0.15) is 0 Å². The molecule has 0 atom stereocenters. The predicted octanol–water partition coefficient (Wildman–Crippen LogP) is 5.30. The van der Waals surface area contributed by atoms with Crippen molar-refractivity contribution < 1.29 is 19.3 Å². The zero-order chi connectivity index (χ0) is 26.5. The summed E-state index contributed by atoms with van der Waals surface area (Å²) in [4.78, 5) is 9.99. The Kier molecular flexibility index (Phi) is 7.89. The number of nitrogens with two attached hydrogens (primary N) is 1. The number of benzene rings is 3. The Bertz CT molecular complexity index is 1380. The predicted molar refractivity (Wildman–Crippen MR) is 149 cm³/mol. The van der Waals surface area contributed by atoms with Crippen LogP contribution in [0.5, 0.6) is 23.1 Å². The Morgan fingerprint density at radius 3 is 2.24 bits per heavy atom. The van der Waals surface area contributed by atoms with Gasteiger partial charge in [0.05, 0.1) is 38.3 Å². The third kappa shape index (κ3) is 5.81. The van der Waals surface area contributed by atoms with E-state index < -0.39 is 0 Å². The second-order valence-electron chi connectivity index (χ2n) is 9.04. The van der Waals surface area contributed by atoms with Crippen LogP contribution in [0.1, 0.15) is 23.6 Å².